The van der Waals surface area contributed by atoms with Crippen molar-refractivity contribution >= 4 is 52.2 Å². The molecule has 0 saturated carbocycles. The Morgan fingerprint density at radius 3 is 2.21 bits per heavy atom. The Balaban J connectivity index is 1.47. The molecular weight excluding hydrogens is 417 g/mol. The van der Waals surface area contributed by atoms with Gasteiger partial charge in [-0.3, -0.25) is 4.90 Å². The van der Waals surface area contributed by atoms with Crippen LogP contribution in [0.3, 0.4) is 0 Å². The Kier molecular flexibility index (Phi) is 5.91. The van der Waals surface area contributed by atoms with Gasteiger partial charge in [0.2, 0.25) is 0 Å². The lowest BCUT2D eigenvalue weighted by atomic mass is 10.1. The highest BCUT2D eigenvalue weighted by Crippen LogP contribution is 2.31. The van der Waals surface area contributed by atoms with Gasteiger partial charge in [-0.1, -0.05) is 34.8 Å². The van der Waals surface area contributed by atoms with Gasteiger partial charge < -0.3 is 9.80 Å². The SMILES string of the molecule is O=C(N1CCN(c2cc(Cl)cc(Cl)c2)CC1)N1CCCCc2cc(Cl)ccc21. The molecule has 2 amide bonds. The molecule has 1 saturated heterocycles. The first-order chi connectivity index (χ1) is 13.5. The number of piperazine rings is 1. The Morgan fingerprint density at radius 2 is 1.50 bits per heavy atom. The second kappa shape index (κ2) is 8.40. The lowest BCUT2D eigenvalue weighted by Gasteiger charge is -2.38. The third-order valence-corrected chi connectivity index (χ3v) is 6.08. The molecule has 0 N–H and O–H groups in total. The van der Waals surface area contributed by atoms with Gasteiger partial charge in [-0.05, 0) is 61.2 Å². The van der Waals surface area contributed by atoms with E-state index in [4.69, 9.17) is 34.8 Å². The quantitative estimate of drug-likeness (QED) is 0.568. The second-order valence-corrected chi connectivity index (χ2v) is 8.58. The molecule has 0 aromatic heterocycles. The molecule has 4 rings (SSSR count). The van der Waals surface area contributed by atoms with Crippen LogP contribution >= 0.6 is 34.8 Å². The third kappa shape index (κ3) is 4.19. The van der Waals surface area contributed by atoms with E-state index in [1.807, 2.05) is 40.1 Å². The van der Waals surface area contributed by atoms with Crippen LogP contribution < -0.4 is 9.80 Å². The highest BCUT2D eigenvalue weighted by molar-refractivity contribution is 6.35. The molecule has 2 heterocycles. The van der Waals surface area contributed by atoms with Gasteiger partial charge in [-0.15, -0.1) is 0 Å². The molecular formula is C21H22Cl3N3O. The van der Waals surface area contributed by atoms with Crippen molar-refractivity contribution in [2.45, 2.75) is 19.3 Å². The van der Waals surface area contributed by atoms with Crippen molar-refractivity contribution in [3.05, 3.63) is 57.0 Å². The summed E-state index contributed by atoms with van der Waals surface area (Å²) in [5, 5.41) is 1.98. The number of hydrogen-bond acceptors (Lipinski definition) is 2. The van der Waals surface area contributed by atoms with Crippen LogP contribution in [0.25, 0.3) is 0 Å². The lowest BCUT2D eigenvalue weighted by Crippen LogP contribution is -2.53. The molecule has 2 aromatic rings. The van der Waals surface area contributed by atoms with Crippen molar-refractivity contribution in [3.63, 3.8) is 0 Å². The van der Waals surface area contributed by atoms with E-state index in [0.717, 1.165) is 60.9 Å². The number of aryl methyl sites for hydroxylation is 1. The average Bonchev–Trinajstić information content (AvgIpc) is 2.88. The van der Waals surface area contributed by atoms with Crippen molar-refractivity contribution in [2.75, 3.05) is 42.5 Å². The number of amides is 2. The fourth-order valence-electron chi connectivity index (χ4n) is 3.97. The van der Waals surface area contributed by atoms with Crippen LogP contribution in [-0.2, 0) is 6.42 Å². The van der Waals surface area contributed by atoms with Gasteiger partial charge in [-0.2, -0.15) is 0 Å². The minimum atomic E-state index is 0.0780. The fraction of sp³-hybridized carbons (Fsp3) is 0.381. The summed E-state index contributed by atoms with van der Waals surface area (Å²) in [6, 6.07) is 11.5. The predicted molar refractivity (Wildman–Crippen MR) is 117 cm³/mol. The van der Waals surface area contributed by atoms with E-state index >= 15 is 0 Å². The number of halogens is 3. The summed E-state index contributed by atoms with van der Waals surface area (Å²) in [5.74, 6) is 0. The first-order valence-electron chi connectivity index (χ1n) is 9.57. The van der Waals surface area contributed by atoms with E-state index in [2.05, 4.69) is 4.90 Å². The summed E-state index contributed by atoms with van der Waals surface area (Å²) in [6.45, 7) is 3.59. The van der Waals surface area contributed by atoms with Gasteiger partial charge in [0, 0.05) is 59.2 Å². The van der Waals surface area contributed by atoms with E-state index in [0.29, 0.717) is 23.1 Å². The van der Waals surface area contributed by atoms with Crippen molar-refractivity contribution in [1.82, 2.24) is 4.90 Å². The summed E-state index contributed by atoms with van der Waals surface area (Å²) in [4.78, 5) is 19.3. The maximum absolute atomic E-state index is 13.3. The molecule has 0 bridgehead atoms. The first kappa shape index (κ1) is 19.7. The highest BCUT2D eigenvalue weighted by Gasteiger charge is 2.28. The summed E-state index contributed by atoms with van der Waals surface area (Å²) in [7, 11) is 0. The molecule has 0 spiro atoms. The number of rotatable bonds is 1. The number of benzene rings is 2. The zero-order chi connectivity index (χ0) is 19.7. The van der Waals surface area contributed by atoms with Gasteiger partial charge in [0.15, 0.2) is 0 Å². The molecule has 28 heavy (non-hydrogen) atoms. The van der Waals surface area contributed by atoms with Crippen molar-refractivity contribution < 1.29 is 4.79 Å². The molecule has 0 atom stereocenters. The van der Waals surface area contributed by atoms with Crippen LogP contribution in [-0.4, -0.2) is 43.7 Å². The Bertz CT molecular complexity index is 861. The number of carbonyl (C=O) groups excluding carboxylic acids is 1. The van der Waals surface area contributed by atoms with E-state index in [1.54, 1.807) is 6.07 Å². The van der Waals surface area contributed by atoms with Gasteiger partial charge in [-0.25, -0.2) is 4.79 Å². The molecule has 0 unspecified atom stereocenters. The van der Waals surface area contributed by atoms with Crippen LogP contribution in [0.2, 0.25) is 15.1 Å². The standard InChI is InChI=1S/C21H22Cl3N3O/c22-16-4-5-20-15(11-16)3-1-2-6-27(20)21(28)26-9-7-25(8-10-26)19-13-17(23)12-18(24)14-19/h4-5,11-14H,1-3,6-10H2. The molecule has 2 aliphatic rings. The molecule has 1 fully saturated rings. The van der Waals surface area contributed by atoms with Gasteiger partial charge in [0.25, 0.3) is 0 Å². The zero-order valence-corrected chi connectivity index (χ0v) is 17.8. The van der Waals surface area contributed by atoms with Gasteiger partial charge >= 0.3 is 6.03 Å². The molecule has 0 radical (unpaired) electrons. The van der Waals surface area contributed by atoms with Crippen molar-refractivity contribution in [1.29, 1.82) is 0 Å². The summed E-state index contributed by atoms with van der Waals surface area (Å²) in [6.07, 6.45) is 3.03. The van der Waals surface area contributed by atoms with Crippen LogP contribution in [0.4, 0.5) is 16.2 Å². The molecule has 0 aliphatic carbocycles. The summed E-state index contributed by atoms with van der Waals surface area (Å²) >= 11 is 18.4. The first-order valence-corrected chi connectivity index (χ1v) is 10.7. The monoisotopic (exact) mass is 437 g/mol. The number of nitrogens with zero attached hydrogens (tertiary/aromatic N) is 3. The van der Waals surface area contributed by atoms with E-state index in [9.17, 15) is 4.79 Å². The fourth-order valence-corrected chi connectivity index (χ4v) is 4.68. The number of fused-ring (bicyclic) bond motifs is 1. The van der Waals surface area contributed by atoms with Crippen LogP contribution in [0.5, 0.6) is 0 Å². The van der Waals surface area contributed by atoms with Crippen LogP contribution in [0.1, 0.15) is 18.4 Å². The number of hydrogen-bond donors (Lipinski definition) is 0. The molecule has 148 valence electrons. The maximum atomic E-state index is 13.3. The Morgan fingerprint density at radius 1 is 0.786 bits per heavy atom. The highest BCUT2D eigenvalue weighted by atomic mass is 35.5. The van der Waals surface area contributed by atoms with Crippen LogP contribution in [0.15, 0.2) is 36.4 Å². The van der Waals surface area contributed by atoms with Gasteiger partial charge in [0.05, 0.1) is 0 Å². The number of urea groups is 1. The largest absolute Gasteiger partial charge is 0.368 e. The van der Waals surface area contributed by atoms with Crippen molar-refractivity contribution in [2.24, 2.45) is 0 Å². The summed E-state index contributed by atoms with van der Waals surface area (Å²) in [5.41, 5.74) is 3.15. The van der Waals surface area contributed by atoms with Crippen molar-refractivity contribution in [3.8, 4) is 0 Å². The molecule has 2 aromatic carbocycles. The summed E-state index contributed by atoms with van der Waals surface area (Å²) < 4.78 is 0. The third-order valence-electron chi connectivity index (χ3n) is 5.40. The second-order valence-electron chi connectivity index (χ2n) is 7.27. The molecule has 2 aliphatic heterocycles. The average molecular weight is 439 g/mol. The zero-order valence-electron chi connectivity index (χ0n) is 15.5. The van der Waals surface area contributed by atoms with E-state index in [1.165, 1.54) is 0 Å². The maximum Gasteiger partial charge on any atom is 0.324 e. The number of anilines is 2. The van der Waals surface area contributed by atoms with E-state index in [-0.39, 0.29) is 6.03 Å². The minimum absolute atomic E-state index is 0.0780. The lowest BCUT2D eigenvalue weighted by molar-refractivity contribution is 0.201. The Labute approximate surface area is 180 Å². The molecule has 4 nitrogen and oxygen atoms in total. The smallest absolute Gasteiger partial charge is 0.324 e. The predicted octanol–water partition coefficient (Wildman–Crippen LogP) is 5.73. The topological polar surface area (TPSA) is 26.8 Å². The van der Waals surface area contributed by atoms with E-state index < -0.39 is 0 Å². The van der Waals surface area contributed by atoms with Gasteiger partial charge in [0.1, 0.15) is 0 Å². The number of carbonyl (C=O) groups is 1. The molecule has 7 heteroatoms. The Hall–Kier alpha value is -1.62. The normalized spacial score (nSPS) is 17.3. The minimum Gasteiger partial charge on any atom is -0.368 e. The van der Waals surface area contributed by atoms with Crippen LogP contribution in [0, 0.1) is 0 Å².